The van der Waals surface area contributed by atoms with Crippen molar-refractivity contribution in [1.82, 2.24) is 9.78 Å². The predicted molar refractivity (Wildman–Crippen MR) is 79.4 cm³/mol. The van der Waals surface area contributed by atoms with Crippen molar-refractivity contribution >= 4 is 27.5 Å². The Morgan fingerprint density at radius 1 is 1.43 bits per heavy atom. The van der Waals surface area contributed by atoms with Crippen molar-refractivity contribution in [3.8, 4) is 0 Å². The lowest BCUT2D eigenvalue weighted by atomic mass is 10.2. The minimum atomic E-state index is -0.935. The summed E-state index contributed by atoms with van der Waals surface area (Å²) in [5.41, 5.74) is 1.66. The Morgan fingerprint density at radius 2 is 2.24 bits per heavy atom. The van der Waals surface area contributed by atoms with E-state index in [0.717, 1.165) is 27.9 Å². The molecule has 0 saturated carbocycles. The Bertz CT molecular complexity index is 822. The van der Waals surface area contributed by atoms with Crippen LogP contribution in [0.15, 0.2) is 30.3 Å². The zero-order valence-electron chi connectivity index (χ0n) is 11.3. The van der Waals surface area contributed by atoms with Crippen LogP contribution in [0.5, 0.6) is 0 Å². The number of hydrogen-bond acceptors (Lipinski definition) is 3. The summed E-state index contributed by atoms with van der Waals surface area (Å²) in [5.74, 6) is -1.22. The molecule has 0 aliphatic rings. The Hall–Kier alpha value is -2.21. The lowest BCUT2D eigenvalue weighted by molar-refractivity contribution is 0.0702. The number of hydrogen-bond donors (Lipinski definition) is 1. The van der Waals surface area contributed by atoms with Crippen LogP contribution >= 0.6 is 11.3 Å². The van der Waals surface area contributed by atoms with Crippen molar-refractivity contribution < 1.29 is 14.3 Å². The van der Waals surface area contributed by atoms with Crippen LogP contribution in [-0.4, -0.2) is 20.9 Å². The Morgan fingerprint density at radius 3 is 2.90 bits per heavy atom. The molecule has 1 aromatic carbocycles. The van der Waals surface area contributed by atoms with Crippen LogP contribution in [0.3, 0.4) is 0 Å². The Labute approximate surface area is 124 Å². The fourth-order valence-electron chi connectivity index (χ4n) is 2.31. The van der Waals surface area contributed by atoms with Crippen LogP contribution in [0.25, 0.3) is 10.2 Å². The molecule has 3 aromatic rings. The summed E-state index contributed by atoms with van der Waals surface area (Å²) in [6, 6.07) is 8.01. The van der Waals surface area contributed by atoms with E-state index in [-0.39, 0.29) is 5.82 Å². The fraction of sp³-hybridized carbons (Fsp3) is 0.200. The van der Waals surface area contributed by atoms with Crippen LogP contribution in [-0.2, 0) is 13.0 Å². The van der Waals surface area contributed by atoms with Gasteiger partial charge in [0.25, 0.3) is 0 Å². The maximum Gasteiger partial charge on any atom is 0.345 e. The molecule has 0 saturated heterocycles. The van der Waals surface area contributed by atoms with Gasteiger partial charge in [-0.2, -0.15) is 5.10 Å². The van der Waals surface area contributed by atoms with Crippen LogP contribution < -0.4 is 0 Å². The van der Waals surface area contributed by atoms with E-state index >= 15 is 0 Å². The molecule has 1 N–H and O–H groups in total. The first kappa shape index (κ1) is 13.8. The monoisotopic (exact) mass is 304 g/mol. The maximum absolute atomic E-state index is 13.3. The van der Waals surface area contributed by atoms with E-state index in [4.69, 9.17) is 5.11 Å². The second-order valence-electron chi connectivity index (χ2n) is 4.72. The molecule has 2 heterocycles. The first-order valence-electron chi connectivity index (χ1n) is 6.55. The van der Waals surface area contributed by atoms with Gasteiger partial charge in [-0.3, -0.25) is 4.68 Å². The lowest BCUT2D eigenvalue weighted by Gasteiger charge is -2.03. The van der Waals surface area contributed by atoms with Gasteiger partial charge in [-0.1, -0.05) is 19.1 Å². The molecule has 0 amide bonds. The maximum atomic E-state index is 13.3. The van der Waals surface area contributed by atoms with Crippen molar-refractivity contribution in [1.29, 1.82) is 0 Å². The van der Waals surface area contributed by atoms with E-state index in [2.05, 4.69) is 5.10 Å². The van der Waals surface area contributed by atoms with Gasteiger partial charge < -0.3 is 5.11 Å². The molecule has 6 heteroatoms. The third-order valence-electron chi connectivity index (χ3n) is 3.27. The van der Waals surface area contributed by atoms with E-state index in [1.165, 1.54) is 23.5 Å². The number of thiophene rings is 1. The number of nitrogens with zero attached hydrogens (tertiary/aromatic N) is 2. The molecule has 3 rings (SSSR count). The second-order valence-corrected chi connectivity index (χ2v) is 5.75. The minimum Gasteiger partial charge on any atom is -0.477 e. The molecule has 2 aromatic heterocycles. The highest BCUT2D eigenvalue weighted by Gasteiger charge is 2.16. The predicted octanol–water partition coefficient (Wildman–Crippen LogP) is 3.55. The van der Waals surface area contributed by atoms with E-state index in [9.17, 15) is 9.18 Å². The Kier molecular flexibility index (Phi) is 3.47. The zero-order valence-corrected chi connectivity index (χ0v) is 12.2. The molecule has 0 atom stereocenters. The van der Waals surface area contributed by atoms with Crippen molar-refractivity contribution in [3.63, 3.8) is 0 Å². The lowest BCUT2D eigenvalue weighted by Crippen LogP contribution is -2.02. The average molecular weight is 304 g/mol. The highest BCUT2D eigenvalue weighted by Crippen LogP contribution is 2.29. The van der Waals surface area contributed by atoms with Gasteiger partial charge in [0.1, 0.15) is 15.5 Å². The van der Waals surface area contributed by atoms with Crippen molar-refractivity contribution in [2.45, 2.75) is 19.9 Å². The van der Waals surface area contributed by atoms with Crippen LogP contribution in [0, 0.1) is 5.82 Å². The number of aryl methyl sites for hydroxylation is 1. The highest BCUT2D eigenvalue weighted by atomic mass is 32.1. The van der Waals surface area contributed by atoms with Crippen LogP contribution in [0.4, 0.5) is 4.39 Å². The number of carboxylic acids is 1. The molecule has 108 valence electrons. The standard InChI is InChI=1S/C15H13FN2O2S/c1-2-12-11-7-13(15(19)20)21-14(11)18(17-12)8-9-4-3-5-10(16)6-9/h3-7H,2,8H2,1H3,(H,19,20). The minimum absolute atomic E-state index is 0.288. The highest BCUT2D eigenvalue weighted by molar-refractivity contribution is 7.20. The van der Waals surface area contributed by atoms with Gasteiger partial charge in [0.05, 0.1) is 12.2 Å². The molecule has 0 unspecified atom stereocenters. The zero-order chi connectivity index (χ0) is 15.0. The SMILES string of the molecule is CCc1nn(Cc2cccc(F)c2)c2sc(C(=O)O)cc12. The third kappa shape index (κ3) is 2.54. The topological polar surface area (TPSA) is 55.1 Å². The van der Waals surface area contributed by atoms with Gasteiger partial charge in [-0.05, 0) is 30.2 Å². The quantitative estimate of drug-likeness (QED) is 0.802. The molecule has 21 heavy (non-hydrogen) atoms. The number of rotatable bonds is 4. The largest absolute Gasteiger partial charge is 0.477 e. The summed E-state index contributed by atoms with van der Waals surface area (Å²) >= 11 is 1.20. The van der Waals surface area contributed by atoms with Gasteiger partial charge in [0.2, 0.25) is 0 Å². The smallest absolute Gasteiger partial charge is 0.345 e. The molecule has 0 aliphatic heterocycles. The number of carbonyl (C=O) groups is 1. The summed E-state index contributed by atoms with van der Waals surface area (Å²) in [7, 11) is 0. The van der Waals surface area contributed by atoms with Gasteiger partial charge in [0, 0.05) is 5.39 Å². The Balaban J connectivity index is 2.07. The first-order chi connectivity index (χ1) is 10.1. The summed E-state index contributed by atoms with van der Waals surface area (Å²) in [6.07, 6.45) is 0.725. The molecule has 0 bridgehead atoms. The summed E-state index contributed by atoms with van der Waals surface area (Å²) in [4.78, 5) is 12.2. The number of benzene rings is 1. The summed E-state index contributed by atoms with van der Waals surface area (Å²) < 4.78 is 15.0. The van der Waals surface area contributed by atoms with Crippen LogP contribution in [0.2, 0.25) is 0 Å². The number of carboxylic acid groups (broad SMARTS) is 1. The van der Waals surface area contributed by atoms with Crippen LogP contribution in [0.1, 0.15) is 27.9 Å². The van der Waals surface area contributed by atoms with Gasteiger partial charge in [0.15, 0.2) is 0 Å². The average Bonchev–Trinajstić information content (AvgIpc) is 2.99. The van der Waals surface area contributed by atoms with E-state index in [0.29, 0.717) is 11.4 Å². The van der Waals surface area contributed by atoms with Crippen molar-refractivity contribution in [2.24, 2.45) is 0 Å². The molecule has 0 aliphatic carbocycles. The molecule has 0 spiro atoms. The molecule has 0 radical (unpaired) electrons. The molecular weight excluding hydrogens is 291 g/mol. The first-order valence-corrected chi connectivity index (χ1v) is 7.37. The van der Waals surface area contributed by atoms with Crippen molar-refractivity contribution in [3.05, 3.63) is 52.3 Å². The number of fused-ring (bicyclic) bond motifs is 1. The molecular formula is C15H13FN2O2S. The third-order valence-corrected chi connectivity index (χ3v) is 4.40. The molecule has 4 nitrogen and oxygen atoms in total. The number of aromatic carboxylic acids is 1. The number of aromatic nitrogens is 2. The van der Waals surface area contributed by atoms with E-state index in [1.807, 2.05) is 13.0 Å². The van der Waals surface area contributed by atoms with Gasteiger partial charge in [-0.15, -0.1) is 11.3 Å². The summed E-state index contributed by atoms with van der Waals surface area (Å²) in [6.45, 7) is 2.40. The molecule has 0 fully saturated rings. The normalized spacial score (nSPS) is 11.1. The van der Waals surface area contributed by atoms with Gasteiger partial charge >= 0.3 is 5.97 Å². The van der Waals surface area contributed by atoms with Crippen molar-refractivity contribution in [2.75, 3.05) is 0 Å². The second kappa shape index (κ2) is 5.29. The number of halogens is 1. The van der Waals surface area contributed by atoms with E-state index < -0.39 is 5.97 Å². The summed E-state index contributed by atoms with van der Waals surface area (Å²) in [5, 5.41) is 14.5. The van der Waals surface area contributed by atoms with E-state index in [1.54, 1.807) is 16.8 Å². The fourth-order valence-corrected chi connectivity index (χ4v) is 3.28. The van der Waals surface area contributed by atoms with Gasteiger partial charge in [-0.25, -0.2) is 9.18 Å².